The van der Waals surface area contributed by atoms with Crippen LogP contribution in [-0.2, 0) is 6.54 Å². The Morgan fingerprint density at radius 3 is 2.81 bits per heavy atom. The molecule has 4 rings (SSSR count). The third-order valence-corrected chi connectivity index (χ3v) is 4.90. The summed E-state index contributed by atoms with van der Waals surface area (Å²) < 4.78 is 30.4. The van der Waals surface area contributed by atoms with Gasteiger partial charge in [0.1, 0.15) is 5.84 Å². The van der Waals surface area contributed by atoms with Crippen LogP contribution in [0.1, 0.15) is 39.4 Å². The second-order valence-electron chi connectivity index (χ2n) is 6.90. The summed E-state index contributed by atoms with van der Waals surface area (Å²) >= 11 is 0. The van der Waals surface area contributed by atoms with E-state index in [1.165, 1.54) is 11.0 Å². The van der Waals surface area contributed by atoms with Crippen LogP contribution in [0, 0.1) is 16.7 Å². The van der Waals surface area contributed by atoms with Gasteiger partial charge in [0, 0.05) is 29.9 Å². The highest BCUT2D eigenvalue weighted by Crippen LogP contribution is 2.31. The lowest BCUT2D eigenvalue weighted by atomic mass is 10.0. The number of halogens is 2. The minimum atomic E-state index is -2.89. The highest BCUT2D eigenvalue weighted by Gasteiger charge is 2.32. The summed E-state index contributed by atoms with van der Waals surface area (Å²) in [6, 6.07) is 13.6. The van der Waals surface area contributed by atoms with Crippen molar-refractivity contribution in [2.75, 3.05) is 7.05 Å². The number of amidine groups is 1. The molecular weight excluding hydrogens is 418 g/mol. The molecule has 3 aromatic rings. The van der Waals surface area contributed by atoms with E-state index in [1.54, 1.807) is 49.6 Å². The number of alkyl halides is 2. The van der Waals surface area contributed by atoms with Crippen LogP contribution in [0.15, 0.2) is 53.1 Å². The maximum atomic E-state index is 13.1. The van der Waals surface area contributed by atoms with E-state index in [1.807, 2.05) is 0 Å². The lowest BCUT2D eigenvalue weighted by Crippen LogP contribution is -2.31. The van der Waals surface area contributed by atoms with Crippen molar-refractivity contribution < 1.29 is 18.0 Å². The number of aromatic nitrogens is 2. The van der Waals surface area contributed by atoms with Gasteiger partial charge in [-0.15, -0.1) is 10.2 Å². The van der Waals surface area contributed by atoms with Crippen LogP contribution in [0.25, 0.3) is 17.0 Å². The number of rotatable bonds is 5. The van der Waals surface area contributed by atoms with Crippen LogP contribution in [0.5, 0.6) is 0 Å². The van der Waals surface area contributed by atoms with E-state index in [2.05, 4.69) is 21.6 Å². The second-order valence-corrected chi connectivity index (χ2v) is 6.90. The van der Waals surface area contributed by atoms with Gasteiger partial charge in [0.2, 0.25) is 5.89 Å². The minimum absolute atomic E-state index is 0.0463. The van der Waals surface area contributed by atoms with Crippen molar-refractivity contribution in [3.8, 4) is 17.5 Å². The second kappa shape index (κ2) is 8.39. The monoisotopic (exact) mass is 434 g/mol. The summed E-state index contributed by atoms with van der Waals surface area (Å²) in [6.07, 6.45) is -1.30. The Labute approximate surface area is 181 Å². The highest BCUT2D eigenvalue weighted by molar-refractivity contribution is 6.27. The van der Waals surface area contributed by atoms with Crippen molar-refractivity contribution >= 4 is 17.3 Å². The average molecular weight is 434 g/mol. The highest BCUT2D eigenvalue weighted by atomic mass is 19.3. The molecule has 1 aliphatic heterocycles. The van der Waals surface area contributed by atoms with Gasteiger partial charge in [-0.2, -0.15) is 14.0 Å². The van der Waals surface area contributed by atoms with E-state index in [-0.39, 0.29) is 18.3 Å². The number of nitrogens with zero attached hydrogens (tertiary/aromatic N) is 4. The Bertz CT molecular complexity index is 1290. The first-order chi connectivity index (χ1) is 15.4. The molecule has 0 aliphatic carbocycles. The Morgan fingerprint density at radius 1 is 1.31 bits per heavy atom. The normalized spacial score (nSPS) is 13.3. The van der Waals surface area contributed by atoms with Crippen molar-refractivity contribution in [3.05, 3.63) is 76.8 Å². The van der Waals surface area contributed by atoms with Gasteiger partial charge in [0.05, 0.1) is 18.2 Å². The first-order valence-corrected chi connectivity index (χ1v) is 9.46. The Kier molecular flexibility index (Phi) is 5.47. The lowest BCUT2D eigenvalue weighted by molar-refractivity contribution is 0.0866. The molecule has 32 heavy (non-hydrogen) atoms. The van der Waals surface area contributed by atoms with Crippen LogP contribution in [0.4, 0.5) is 8.78 Å². The van der Waals surface area contributed by atoms with Gasteiger partial charge in [-0.1, -0.05) is 18.2 Å². The number of nitrogens with one attached hydrogen (secondary N) is 2. The summed E-state index contributed by atoms with van der Waals surface area (Å²) in [6.45, 7) is 0.165. The molecule has 0 spiro atoms. The number of fused-ring (bicyclic) bond motifs is 1. The maximum absolute atomic E-state index is 13.1. The summed E-state index contributed by atoms with van der Waals surface area (Å²) in [4.78, 5) is 14.4. The van der Waals surface area contributed by atoms with E-state index >= 15 is 0 Å². The number of nitriles is 1. The third kappa shape index (κ3) is 3.72. The Balaban J connectivity index is 1.64. The smallest absolute Gasteiger partial charge is 0.314 e. The molecule has 1 aromatic heterocycles. The van der Waals surface area contributed by atoms with Gasteiger partial charge in [0.25, 0.3) is 11.8 Å². The van der Waals surface area contributed by atoms with Gasteiger partial charge >= 0.3 is 6.43 Å². The first kappa shape index (κ1) is 20.9. The quantitative estimate of drug-likeness (QED) is 0.466. The molecule has 1 aliphatic rings. The Hall–Kier alpha value is -4.39. The van der Waals surface area contributed by atoms with Crippen LogP contribution >= 0.6 is 0 Å². The number of hydrogen-bond donors (Lipinski definition) is 2. The molecule has 0 unspecified atom stereocenters. The summed E-state index contributed by atoms with van der Waals surface area (Å²) in [5, 5.41) is 27.6. The lowest BCUT2D eigenvalue weighted by Gasteiger charge is -2.19. The first-order valence-electron chi connectivity index (χ1n) is 9.46. The molecule has 1 amide bonds. The summed E-state index contributed by atoms with van der Waals surface area (Å²) in [7, 11) is 1.67. The van der Waals surface area contributed by atoms with Crippen molar-refractivity contribution in [1.29, 1.82) is 10.7 Å². The van der Waals surface area contributed by atoms with Crippen molar-refractivity contribution in [1.82, 2.24) is 20.4 Å². The van der Waals surface area contributed by atoms with Crippen molar-refractivity contribution in [2.24, 2.45) is 0 Å². The molecule has 0 fully saturated rings. The van der Waals surface area contributed by atoms with Gasteiger partial charge in [0.15, 0.2) is 0 Å². The zero-order chi connectivity index (χ0) is 22.8. The number of hydrogen-bond acceptors (Lipinski definition) is 7. The number of carbonyl (C=O) groups excluding carboxylic acids is 1. The topological polar surface area (TPSA) is 119 Å². The van der Waals surface area contributed by atoms with Gasteiger partial charge in [-0.25, -0.2) is 0 Å². The number of benzene rings is 2. The molecule has 10 heteroatoms. The third-order valence-electron chi connectivity index (χ3n) is 4.90. The molecule has 0 radical (unpaired) electrons. The molecular formula is C22H16F2N6O2. The fourth-order valence-corrected chi connectivity index (χ4v) is 3.39. The standard InChI is InChI=1S/C22H16F2N6O2/c1-27-10-17(13-4-2-3-12(7-13)9-25)19(26)30-11-15-6-5-14(8-16(15)22(30)31)20-28-29-21(32-20)18(23)24/h2-8,10,18,26-27H,11H2,1H3/b17-10-,26-19?. The molecule has 2 N–H and O–H groups in total. The molecule has 0 saturated heterocycles. The predicted molar refractivity (Wildman–Crippen MR) is 110 cm³/mol. The molecule has 160 valence electrons. The fourth-order valence-electron chi connectivity index (χ4n) is 3.39. The van der Waals surface area contributed by atoms with Gasteiger partial charge in [-0.05, 0) is 35.4 Å². The van der Waals surface area contributed by atoms with Gasteiger partial charge < -0.3 is 9.73 Å². The zero-order valence-corrected chi connectivity index (χ0v) is 16.8. The fraction of sp³-hybridized carbons (Fsp3) is 0.136. The molecule has 2 heterocycles. The summed E-state index contributed by atoms with van der Waals surface area (Å²) in [5.41, 5.74) is 2.80. The molecule has 0 bridgehead atoms. The van der Waals surface area contributed by atoms with Gasteiger partial charge in [-0.3, -0.25) is 15.1 Å². The number of amides is 1. The van der Waals surface area contributed by atoms with Crippen LogP contribution < -0.4 is 5.32 Å². The van der Waals surface area contributed by atoms with Crippen LogP contribution in [-0.4, -0.2) is 33.9 Å². The maximum Gasteiger partial charge on any atom is 0.314 e. The van der Waals surface area contributed by atoms with Crippen molar-refractivity contribution in [2.45, 2.75) is 13.0 Å². The van der Waals surface area contributed by atoms with Crippen LogP contribution in [0.2, 0.25) is 0 Å². The molecule has 0 saturated carbocycles. The van der Waals surface area contributed by atoms with E-state index in [0.717, 1.165) is 0 Å². The SMILES string of the molecule is CN/C=C(\C(=N)N1Cc2ccc(-c3nnc(C(F)F)o3)cc2C1=O)c1cccc(C#N)c1. The van der Waals surface area contributed by atoms with Crippen LogP contribution in [0.3, 0.4) is 0 Å². The van der Waals surface area contributed by atoms with E-state index in [0.29, 0.717) is 33.4 Å². The largest absolute Gasteiger partial charge is 0.415 e. The van der Waals surface area contributed by atoms with Crippen molar-refractivity contribution in [3.63, 3.8) is 0 Å². The van der Waals surface area contributed by atoms with E-state index in [4.69, 9.17) is 9.83 Å². The Morgan fingerprint density at radius 2 is 2.12 bits per heavy atom. The van der Waals surface area contributed by atoms with E-state index in [9.17, 15) is 18.8 Å². The average Bonchev–Trinajstić information content (AvgIpc) is 3.42. The number of carbonyl (C=O) groups is 1. The molecule has 2 aromatic carbocycles. The summed E-state index contributed by atoms with van der Waals surface area (Å²) in [5.74, 6) is -1.38. The molecule has 0 atom stereocenters. The molecule has 8 nitrogen and oxygen atoms in total. The zero-order valence-electron chi connectivity index (χ0n) is 16.8. The van der Waals surface area contributed by atoms with E-state index < -0.39 is 18.2 Å². The predicted octanol–water partition coefficient (Wildman–Crippen LogP) is 3.74. The minimum Gasteiger partial charge on any atom is -0.415 e.